The molecule has 26 heavy (non-hydrogen) atoms. The third-order valence-corrected chi connectivity index (χ3v) is 7.34. The monoisotopic (exact) mass is 400 g/mol. The molecule has 148 valence electrons. The first-order valence-electron chi connectivity index (χ1n) is 9.57. The Bertz CT molecular complexity index is 629. The number of nitrogens with zero attached hydrogens (tertiary/aromatic N) is 2. The summed E-state index contributed by atoms with van der Waals surface area (Å²) in [5.74, 6) is 1.21. The van der Waals surface area contributed by atoms with Crippen molar-refractivity contribution in [2.75, 3.05) is 38.5 Å². The van der Waals surface area contributed by atoms with Crippen molar-refractivity contribution in [3.8, 4) is 5.75 Å². The molecular formula is C19H32N2O3S2. The Labute approximate surface area is 164 Å². The zero-order chi connectivity index (χ0) is 19.0. The van der Waals surface area contributed by atoms with E-state index in [4.69, 9.17) is 4.74 Å². The summed E-state index contributed by atoms with van der Waals surface area (Å²) in [6.45, 7) is 8.07. The number of ether oxygens (including phenoxy) is 1. The van der Waals surface area contributed by atoms with E-state index in [1.807, 2.05) is 6.92 Å². The van der Waals surface area contributed by atoms with Gasteiger partial charge in [0.15, 0.2) is 0 Å². The highest BCUT2D eigenvalue weighted by molar-refractivity contribution is 7.89. The summed E-state index contributed by atoms with van der Waals surface area (Å²) in [5.41, 5.74) is 0. The number of sulfonamides is 1. The summed E-state index contributed by atoms with van der Waals surface area (Å²) in [5, 5.41) is 0. The first kappa shape index (κ1) is 21.5. The molecule has 7 heteroatoms. The van der Waals surface area contributed by atoms with Crippen LogP contribution in [0.15, 0.2) is 29.2 Å². The van der Waals surface area contributed by atoms with Crippen molar-refractivity contribution >= 4 is 22.7 Å². The van der Waals surface area contributed by atoms with E-state index in [9.17, 15) is 8.42 Å². The molecular weight excluding hydrogens is 368 g/mol. The maximum Gasteiger partial charge on any atom is 0.243 e. The van der Waals surface area contributed by atoms with Crippen LogP contribution in [0.5, 0.6) is 5.75 Å². The van der Waals surface area contributed by atoms with Gasteiger partial charge in [0.25, 0.3) is 0 Å². The summed E-state index contributed by atoms with van der Waals surface area (Å²) in [7, 11) is -3.54. The van der Waals surface area contributed by atoms with Gasteiger partial charge in [0.2, 0.25) is 10.0 Å². The maximum atomic E-state index is 13.1. The Morgan fingerprint density at radius 1 is 1.23 bits per heavy atom. The molecule has 1 heterocycles. The van der Waals surface area contributed by atoms with Gasteiger partial charge in [-0.15, -0.1) is 0 Å². The number of thiol groups is 1. The molecule has 1 atom stereocenters. The van der Waals surface area contributed by atoms with Crippen LogP contribution in [0.3, 0.4) is 0 Å². The van der Waals surface area contributed by atoms with Crippen molar-refractivity contribution in [3.05, 3.63) is 24.3 Å². The van der Waals surface area contributed by atoms with E-state index in [0.29, 0.717) is 29.5 Å². The zero-order valence-electron chi connectivity index (χ0n) is 15.9. The fourth-order valence-corrected chi connectivity index (χ4v) is 5.02. The van der Waals surface area contributed by atoms with Crippen molar-refractivity contribution in [1.82, 2.24) is 9.21 Å². The molecule has 0 saturated carbocycles. The number of rotatable bonds is 11. The molecule has 0 bridgehead atoms. The van der Waals surface area contributed by atoms with Gasteiger partial charge in [0.1, 0.15) is 5.75 Å². The number of unbranched alkanes of at least 4 members (excludes halogenated alkanes) is 1. The van der Waals surface area contributed by atoms with Crippen LogP contribution in [-0.4, -0.2) is 62.2 Å². The third kappa shape index (κ3) is 5.87. The summed E-state index contributed by atoms with van der Waals surface area (Å²) in [6, 6.07) is 6.63. The normalized spacial score (nSPS) is 16.9. The average molecular weight is 401 g/mol. The lowest BCUT2D eigenvalue weighted by Crippen LogP contribution is -2.43. The molecule has 0 amide bonds. The fraction of sp³-hybridized carbons (Fsp3) is 0.684. The van der Waals surface area contributed by atoms with E-state index in [1.165, 1.54) is 12.8 Å². The van der Waals surface area contributed by atoms with Crippen LogP contribution < -0.4 is 4.74 Å². The Morgan fingerprint density at radius 2 is 1.88 bits per heavy atom. The quantitative estimate of drug-likeness (QED) is 0.457. The zero-order valence-corrected chi connectivity index (χ0v) is 17.6. The first-order valence-corrected chi connectivity index (χ1v) is 11.6. The van der Waals surface area contributed by atoms with Crippen molar-refractivity contribution in [2.45, 2.75) is 50.5 Å². The molecule has 0 radical (unpaired) electrons. The molecule has 1 aromatic rings. The number of likely N-dealkylation sites (tertiary alicyclic amines) is 1. The second-order valence-corrected chi connectivity index (χ2v) is 9.13. The SMILES string of the molecule is CCCCOc1ccc(S(=O)(=O)N(CCN2CCCC2)C(C)CS)cc1. The smallest absolute Gasteiger partial charge is 0.243 e. The lowest BCUT2D eigenvalue weighted by molar-refractivity contribution is 0.275. The van der Waals surface area contributed by atoms with Crippen LogP contribution in [0, 0.1) is 0 Å². The van der Waals surface area contributed by atoms with Crippen LogP contribution in [0.4, 0.5) is 0 Å². The minimum atomic E-state index is -3.54. The molecule has 1 unspecified atom stereocenters. The van der Waals surface area contributed by atoms with Gasteiger partial charge in [-0.2, -0.15) is 16.9 Å². The highest BCUT2D eigenvalue weighted by atomic mass is 32.2. The Kier molecular flexibility index (Phi) is 8.73. The topological polar surface area (TPSA) is 49.9 Å². The summed E-state index contributed by atoms with van der Waals surface area (Å²) >= 11 is 4.33. The molecule has 1 aliphatic rings. The first-order chi connectivity index (χ1) is 12.5. The molecule has 1 saturated heterocycles. The Hall–Kier alpha value is -0.760. The van der Waals surface area contributed by atoms with Crippen LogP contribution in [0.1, 0.15) is 39.5 Å². The second-order valence-electron chi connectivity index (χ2n) is 6.87. The molecule has 2 rings (SSSR count). The predicted octanol–water partition coefficient (Wildman–Crippen LogP) is 3.27. The van der Waals surface area contributed by atoms with Gasteiger partial charge in [-0.3, -0.25) is 0 Å². The number of hydrogen-bond donors (Lipinski definition) is 1. The average Bonchev–Trinajstić information content (AvgIpc) is 3.15. The minimum absolute atomic E-state index is 0.147. The van der Waals surface area contributed by atoms with E-state index < -0.39 is 10.0 Å². The Balaban J connectivity index is 2.08. The minimum Gasteiger partial charge on any atom is -0.494 e. The lowest BCUT2D eigenvalue weighted by Gasteiger charge is -2.29. The molecule has 1 aromatic carbocycles. The number of benzene rings is 1. The summed E-state index contributed by atoms with van der Waals surface area (Å²) < 4.78 is 33.5. The van der Waals surface area contributed by atoms with E-state index >= 15 is 0 Å². The third-order valence-electron chi connectivity index (χ3n) is 4.79. The molecule has 0 N–H and O–H groups in total. The van der Waals surface area contributed by atoms with Gasteiger partial charge in [-0.1, -0.05) is 13.3 Å². The molecule has 0 aromatic heterocycles. The standard InChI is InChI=1S/C19H32N2O3S2/c1-3-4-15-24-18-7-9-19(10-8-18)26(22,23)21(17(2)16-25)14-13-20-11-5-6-12-20/h7-10,17,25H,3-6,11-16H2,1-2H3. The van der Waals surface area contributed by atoms with Gasteiger partial charge < -0.3 is 9.64 Å². The van der Waals surface area contributed by atoms with Gasteiger partial charge in [-0.25, -0.2) is 8.42 Å². The van der Waals surface area contributed by atoms with Gasteiger partial charge in [-0.05, 0) is 63.5 Å². The van der Waals surface area contributed by atoms with Crippen LogP contribution >= 0.6 is 12.6 Å². The largest absolute Gasteiger partial charge is 0.494 e. The molecule has 0 aliphatic carbocycles. The van der Waals surface area contributed by atoms with Crippen LogP contribution in [-0.2, 0) is 10.0 Å². The second kappa shape index (κ2) is 10.5. The van der Waals surface area contributed by atoms with E-state index in [0.717, 1.165) is 32.5 Å². The van der Waals surface area contributed by atoms with Crippen LogP contribution in [0.25, 0.3) is 0 Å². The lowest BCUT2D eigenvalue weighted by atomic mass is 10.3. The summed E-state index contributed by atoms with van der Waals surface area (Å²) in [4.78, 5) is 2.65. The van der Waals surface area contributed by atoms with Crippen molar-refractivity contribution in [1.29, 1.82) is 0 Å². The van der Waals surface area contributed by atoms with Crippen molar-refractivity contribution in [2.24, 2.45) is 0 Å². The van der Waals surface area contributed by atoms with E-state index in [-0.39, 0.29) is 6.04 Å². The molecule has 5 nitrogen and oxygen atoms in total. The Morgan fingerprint density at radius 3 is 2.46 bits per heavy atom. The van der Waals surface area contributed by atoms with Gasteiger partial charge in [0.05, 0.1) is 11.5 Å². The van der Waals surface area contributed by atoms with Gasteiger partial charge >= 0.3 is 0 Å². The van der Waals surface area contributed by atoms with E-state index in [1.54, 1.807) is 28.6 Å². The highest BCUT2D eigenvalue weighted by Crippen LogP contribution is 2.22. The fourth-order valence-electron chi connectivity index (χ4n) is 3.09. The van der Waals surface area contributed by atoms with Gasteiger partial charge in [0, 0.05) is 24.9 Å². The molecule has 0 spiro atoms. The highest BCUT2D eigenvalue weighted by Gasteiger charge is 2.29. The molecule has 1 aliphatic heterocycles. The summed E-state index contributed by atoms with van der Waals surface area (Å²) in [6.07, 6.45) is 4.46. The van der Waals surface area contributed by atoms with Crippen molar-refractivity contribution in [3.63, 3.8) is 0 Å². The predicted molar refractivity (Wildman–Crippen MR) is 110 cm³/mol. The van der Waals surface area contributed by atoms with Crippen LogP contribution in [0.2, 0.25) is 0 Å². The van der Waals surface area contributed by atoms with E-state index in [2.05, 4.69) is 24.5 Å². The van der Waals surface area contributed by atoms with Crippen molar-refractivity contribution < 1.29 is 13.2 Å². The maximum absolute atomic E-state index is 13.1. The molecule has 1 fully saturated rings. The number of hydrogen-bond acceptors (Lipinski definition) is 5.